The SMILES string of the molecule is COc1ccc(-c2ccccc2)cc1NC(=O)C1=CCN(C)CC1. The van der Waals surface area contributed by atoms with Gasteiger partial charge < -0.3 is 15.0 Å². The van der Waals surface area contributed by atoms with Crippen LogP contribution >= 0.6 is 0 Å². The number of carbonyl (C=O) groups excluding carboxylic acids is 1. The van der Waals surface area contributed by atoms with Crippen molar-refractivity contribution in [2.45, 2.75) is 6.42 Å². The van der Waals surface area contributed by atoms with Gasteiger partial charge in [0.15, 0.2) is 0 Å². The molecule has 0 aromatic heterocycles. The zero-order valence-electron chi connectivity index (χ0n) is 14.1. The van der Waals surface area contributed by atoms with Crippen LogP contribution in [0.3, 0.4) is 0 Å². The molecule has 0 spiro atoms. The molecule has 2 aromatic carbocycles. The zero-order valence-corrected chi connectivity index (χ0v) is 14.1. The van der Waals surface area contributed by atoms with E-state index in [0.29, 0.717) is 11.4 Å². The van der Waals surface area contributed by atoms with Crippen molar-refractivity contribution >= 4 is 11.6 Å². The molecule has 0 unspecified atom stereocenters. The van der Waals surface area contributed by atoms with Crippen molar-refractivity contribution in [3.05, 3.63) is 60.2 Å². The molecule has 0 aliphatic carbocycles. The van der Waals surface area contributed by atoms with Gasteiger partial charge in [0.2, 0.25) is 0 Å². The molecule has 4 heteroatoms. The van der Waals surface area contributed by atoms with E-state index in [1.54, 1.807) is 7.11 Å². The lowest BCUT2D eigenvalue weighted by molar-refractivity contribution is -0.113. The molecule has 3 rings (SSSR count). The van der Waals surface area contributed by atoms with Gasteiger partial charge in [-0.1, -0.05) is 42.5 Å². The van der Waals surface area contributed by atoms with Gasteiger partial charge >= 0.3 is 0 Å². The predicted octanol–water partition coefficient (Wildman–Crippen LogP) is 3.56. The van der Waals surface area contributed by atoms with E-state index in [4.69, 9.17) is 4.74 Å². The normalized spacial score (nSPS) is 14.8. The van der Waals surface area contributed by atoms with Crippen molar-refractivity contribution in [2.75, 3.05) is 32.6 Å². The Morgan fingerprint density at radius 2 is 1.92 bits per heavy atom. The van der Waals surface area contributed by atoms with Crippen LogP contribution in [0.25, 0.3) is 11.1 Å². The van der Waals surface area contributed by atoms with Crippen LogP contribution in [0.1, 0.15) is 6.42 Å². The van der Waals surface area contributed by atoms with E-state index in [1.807, 2.05) is 54.6 Å². The van der Waals surface area contributed by atoms with E-state index in [-0.39, 0.29) is 5.91 Å². The first-order valence-corrected chi connectivity index (χ1v) is 8.10. The zero-order chi connectivity index (χ0) is 16.9. The second kappa shape index (κ2) is 7.32. The molecule has 0 saturated carbocycles. The second-order valence-corrected chi connectivity index (χ2v) is 5.98. The summed E-state index contributed by atoms with van der Waals surface area (Å²) in [6.07, 6.45) is 2.76. The Hall–Kier alpha value is -2.59. The molecule has 0 atom stereocenters. The van der Waals surface area contributed by atoms with Crippen molar-refractivity contribution < 1.29 is 9.53 Å². The topological polar surface area (TPSA) is 41.6 Å². The number of methoxy groups -OCH3 is 1. The largest absolute Gasteiger partial charge is 0.495 e. The van der Waals surface area contributed by atoms with Crippen molar-refractivity contribution in [2.24, 2.45) is 0 Å². The number of hydrogen-bond acceptors (Lipinski definition) is 3. The average Bonchev–Trinajstić information content (AvgIpc) is 2.63. The van der Waals surface area contributed by atoms with Crippen LogP contribution in [0.5, 0.6) is 5.75 Å². The second-order valence-electron chi connectivity index (χ2n) is 5.98. The van der Waals surface area contributed by atoms with Gasteiger partial charge in [-0.2, -0.15) is 0 Å². The highest BCUT2D eigenvalue weighted by atomic mass is 16.5. The van der Waals surface area contributed by atoms with Gasteiger partial charge in [-0.05, 0) is 36.7 Å². The Kier molecular flexibility index (Phi) is 4.96. The van der Waals surface area contributed by atoms with E-state index in [2.05, 4.69) is 17.3 Å². The number of ether oxygens (including phenoxy) is 1. The number of carbonyl (C=O) groups is 1. The standard InChI is InChI=1S/C20H22N2O2/c1-22-12-10-16(11-13-22)20(23)21-18-14-17(8-9-19(18)24-2)15-6-4-3-5-7-15/h3-10,14H,11-13H2,1-2H3,(H,21,23). The molecule has 2 aromatic rings. The van der Waals surface area contributed by atoms with Crippen molar-refractivity contribution in [3.63, 3.8) is 0 Å². The molecular weight excluding hydrogens is 300 g/mol. The number of hydrogen-bond donors (Lipinski definition) is 1. The minimum absolute atomic E-state index is 0.0494. The maximum absolute atomic E-state index is 12.5. The average molecular weight is 322 g/mol. The highest BCUT2D eigenvalue weighted by Gasteiger charge is 2.16. The lowest BCUT2D eigenvalue weighted by atomic mass is 10.0. The van der Waals surface area contributed by atoms with Crippen LogP contribution in [-0.4, -0.2) is 38.1 Å². The maximum Gasteiger partial charge on any atom is 0.251 e. The van der Waals surface area contributed by atoms with Crippen LogP contribution in [0.15, 0.2) is 60.2 Å². The summed E-state index contributed by atoms with van der Waals surface area (Å²) in [5.74, 6) is 0.614. The Morgan fingerprint density at radius 3 is 2.58 bits per heavy atom. The summed E-state index contributed by atoms with van der Waals surface area (Å²) >= 11 is 0. The molecule has 1 heterocycles. The Labute approximate surface area is 142 Å². The molecule has 0 fully saturated rings. The third kappa shape index (κ3) is 3.66. The molecule has 124 valence electrons. The maximum atomic E-state index is 12.5. The minimum Gasteiger partial charge on any atom is -0.495 e. The van der Waals surface area contributed by atoms with Gasteiger partial charge in [-0.3, -0.25) is 4.79 Å². The summed E-state index contributed by atoms with van der Waals surface area (Å²) in [5.41, 5.74) is 3.68. The Balaban J connectivity index is 1.85. The number of nitrogens with zero attached hydrogens (tertiary/aromatic N) is 1. The summed E-state index contributed by atoms with van der Waals surface area (Å²) in [6, 6.07) is 15.9. The van der Waals surface area contributed by atoms with E-state index >= 15 is 0 Å². The van der Waals surface area contributed by atoms with Gasteiger partial charge in [0.25, 0.3) is 5.91 Å². The summed E-state index contributed by atoms with van der Waals surface area (Å²) < 4.78 is 5.40. The fraction of sp³-hybridized carbons (Fsp3) is 0.250. The lowest BCUT2D eigenvalue weighted by Gasteiger charge is -2.21. The molecule has 0 bridgehead atoms. The summed E-state index contributed by atoms with van der Waals surface area (Å²) in [4.78, 5) is 14.7. The predicted molar refractivity (Wildman–Crippen MR) is 97.3 cm³/mol. The van der Waals surface area contributed by atoms with E-state index < -0.39 is 0 Å². The number of amides is 1. The fourth-order valence-corrected chi connectivity index (χ4v) is 2.80. The summed E-state index contributed by atoms with van der Waals surface area (Å²) in [5, 5.41) is 3.01. The minimum atomic E-state index is -0.0494. The van der Waals surface area contributed by atoms with Crippen LogP contribution < -0.4 is 10.1 Å². The molecular formula is C20H22N2O2. The monoisotopic (exact) mass is 322 g/mol. The number of nitrogens with one attached hydrogen (secondary N) is 1. The molecule has 24 heavy (non-hydrogen) atoms. The quantitative estimate of drug-likeness (QED) is 0.936. The van der Waals surface area contributed by atoms with Crippen LogP contribution in [-0.2, 0) is 4.79 Å². The van der Waals surface area contributed by atoms with Gasteiger partial charge in [0.1, 0.15) is 5.75 Å². The van der Waals surface area contributed by atoms with E-state index in [9.17, 15) is 4.79 Å². The first kappa shape index (κ1) is 16.3. The molecule has 1 aliphatic rings. The van der Waals surface area contributed by atoms with Crippen molar-refractivity contribution in [3.8, 4) is 16.9 Å². The van der Waals surface area contributed by atoms with Crippen LogP contribution in [0.2, 0.25) is 0 Å². The molecule has 0 saturated heterocycles. The number of likely N-dealkylation sites (N-methyl/N-ethyl adjacent to an activating group) is 1. The third-order valence-corrected chi connectivity index (χ3v) is 4.26. The highest BCUT2D eigenvalue weighted by molar-refractivity contribution is 6.05. The van der Waals surface area contributed by atoms with Gasteiger partial charge in [-0.15, -0.1) is 0 Å². The molecule has 1 aliphatic heterocycles. The first-order valence-electron chi connectivity index (χ1n) is 8.10. The van der Waals surface area contributed by atoms with Crippen LogP contribution in [0, 0.1) is 0 Å². The van der Waals surface area contributed by atoms with Gasteiger partial charge in [-0.25, -0.2) is 0 Å². The number of anilines is 1. The highest BCUT2D eigenvalue weighted by Crippen LogP contribution is 2.31. The summed E-state index contributed by atoms with van der Waals surface area (Å²) in [7, 11) is 3.67. The number of benzene rings is 2. The Bertz CT molecular complexity index is 753. The Morgan fingerprint density at radius 1 is 1.12 bits per heavy atom. The van der Waals surface area contributed by atoms with Crippen molar-refractivity contribution in [1.29, 1.82) is 0 Å². The fourth-order valence-electron chi connectivity index (χ4n) is 2.80. The van der Waals surface area contributed by atoms with Gasteiger partial charge in [0.05, 0.1) is 12.8 Å². The van der Waals surface area contributed by atoms with Crippen LogP contribution in [0.4, 0.5) is 5.69 Å². The summed E-state index contributed by atoms with van der Waals surface area (Å²) in [6.45, 7) is 1.71. The molecule has 1 N–H and O–H groups in total. The van der Waals surface area contributed by atoms with Crippen molar-refractivity contribution in [1.82, 2.24) is 4.90 Å². The van der Waals surface area contributed by atoms with Gasteiger partial charge in [0, 0.05) is 18.7 Å². The molecule has 0 radical (unpaired) electrons. The van der Waals surface area contributed by atoms with E-state index in [1.165, 1.54) is 0 Å². The van der Waals surface area contributed by atoms with E-state index in [0.717, 1.165) is 36.2 Å². The molecule has 1 amide bonds. The number of rotatable bonds is 4. The molecule has 4 nitrogen and oxygen atoms in total. The lowest BCUT2D eigenvalue weighted by Crippen LogP contribution is -2.28. The third-order valence-electron chi connectivity index (χ3n) is 4.26. The smallest absolute Gasteiger partial charge is 0.251 e. The first-order chi connectivity index (χ1) is 11.7.